The van der Waals surface area contributed by atoms with Gasteiger partial charge in [0.25, 0.3) is 0 Å². The van der Waals surface area contributed by atoms with Gasteiger partial charge in [-0.2, -0.15) is 0 Å². The zero-order valence-electron chi connectivity index (χ0n) is 11.1. The molecule has 100 valence electrons. The first-order chi connectivity index (χ1) is 9.88. The minimum atomic E-state index is 0.769. The fraction of sp³-hybridized carbons (Fsp3) is 0.125. The minimum absolute atomic E-state index is 0.769. The fourth-order valence-electron chi connectivity index (χ4n) is 2.09. The Hall–Kier alpha value is -2.07. The van der Waals surface area contributed by atoms with Crippen molar-refractivity contribution in [1.82, 2.24) is 14.5 Å². The van der Waals surface area contributed by atoms with Gasteiger partial charge in [-0.05, 0) is 24.3 Å². The number of allylic oxidation sites excluding steroid dienone is 1. The van der Waals surface area contributed by atoms with Crippen LogP contribution < -0.4 is 0 Å². The van der Waals surface area contributed by atoms with E-state index in [1.54, 1.807) is 11.8 Å². The average Bonchev–Trinajstić information content (AvgIpc) is 2.85. The van der Waals surface area contributed by atoms with Crippen LogP contribution >= 0.6 is 11.8 Å². The van der Waals surface area contributed by atoms with Gasteiger partial charge in [-0.25, -0.2) is 4.98 Å². The highest BCUT2D eigenvalue weighted by atomic mass is 32.2. The Bertz CT molecular complexity index is 719. The third kappa shape index (κ3) is 2.60. The first-order valence-electron chi connectivity index (χ1n) is 6.47. The van der Waals surface area contributed by atoms with Crippen LogP contribution in [0.25, 0.3) is 11.0 Å². The molecular weight excluding hydrogens is 266 g/mol. The molecule has 0 radical (unpaired) electrons. The van der Waals surface area contributed by atoms with Crippen molar-refractivity contribution < 1.29 is 0 Å². The highest BCUT2D eigenvalue weighted by molar-refractivity contribution is 7.98. The molecule has 0 spiro atoms. The molecule has 3 nitrogen and oxygen atoms in total. The predicted octanol–water partition coefficient (Wildman–Crippen LogP) is 3.91. The van der Waals surface area contributed by atoms with Crippen LogP contribution in [0.2, 0.25) is 0 Å². The van der Waals surface area contributed by atoms with Gasteiger partial charge in [-0.15, -0.1) is 6.58 Å². The average molecular weight is 281 g/mol. The summed E-state index contributed by atoms with van der Waals surface area (Å²) in [5, 5.41) is 1.01. The number of benzene rings is 1. The SMILES string of the molecule is C=CCn1c(SCc2ccccn2)nc2ccccc21. The molecule has 3 rings (SSSR count). The van der Waals surface area contributed by atoms with Crippen LogP contribution in [0.5, 0.6) is 0 Å². The van der Waals surface area contributed by atoms with Crippen LogP contribution in [0, 0.1) is 0 Å². The fourth-order valence-corrected chi connectivity index (χ4v) is 3.03. The van der Waals surface area contributed by atoms with E-state index in [1.165, 1.54) is 0 Å². The second-order valence-corrected chi connectivity index (χ2v) is 5.33. The Morgan fingerprint density at radius 3 is 2.80 bits per heavy atom. The topological polar surface area (TPSA) is 30.7 Å². The molecule has 0 fully saturated rings. The molecule has 0 atom stereocenters. The smallest absolute Gasteiger partial charge is 0.169 e. The number of hydrogen-bond acceptors (Lipinski definition) is 3. The lowest BCUT2D eigenvalue weighted by atomic mass is 10.3. The second kappa shape index (κ2) is 5.92. The third-order valence-corrected chi connectivity index (χ3v) is 4.02. The van der Waals surface area contributed by atoms with E-state index in [1.807, 2.05) is 48.7 Å². The normalized spacial score (nSPS) is 10.8. The van der Waals surface area contributed by atoms with Crippen molar-refractivity contribution in [3.63, 3.8) is 0 Å². The van der Waals surface area contributed by atoms with Crippen molar-refractivity contribution >= 4 is 22.8 Å². The summed E-state index contributed by atoms with van der Waals surface area (Å²) in [7, 11) is 0. The monoisotopic (exact) mass is 281 g/mol. The zero-order chi connectivity index (χ0) is 13.8. The number of rotatable bonds is 5. The molecule has 2 heterocycles. The number of hydrogen-bond donors (Lipinski definition) is 0. The highest BCUT2D eigenvalue weighted by Gasteiger charge is 2.10. The number of pyridine rings is 1. The third-order valence-electron chi connectivity index (χ3n) is 3.01. The van der Waals surface area contributed by atoms with Gasteiger partial charge >= 0.3 is 0 Å². The molecule has 0 N–H and O–H groups in total. The van der Waals surface area contributed by atoms with E-state index in [2.05, 4.69) is 22.2 Å². The summed E-state index contributed by atoms with van der Waals surface area (Å²) in [6.45, 7) is 4.60. The van der Waals surface area contributed by atoms with Crippen molar-refractivity contribution in [3.05, 3.63) is 67.0 Å². The number of imidazole rings is 1. The Morgan fingerprint density at radius 1 is 1.15 bits per heavy atom. The number of thioether (sulfide) groups is 1. The van der Waals surface area contributed by atoms with Crippen molar-refractivity contribution in [2.75, 3.05) is 0 Å². The summed E-state index contributed by atoms with van der Waals surface area (Å²) in [4.78, 5) is 9.04. The summed E-state index contributed by atoms with van der Waals surface area (Å²) in [5.74, 6) is 0.821. The van der Waals surface area contributed by atoms with Crippen LogP contribution in [-0.2, 0) is 12.3 Å². The Balaban J connectivity index is 1.90. The Morgan fingerprint density at radius 2 is 2.00 bits per heavy atom. The van der Waals surface area contributed by atoms with Gasteiger partial charge in [0.05, 0.1) is 16.7 Å². The highest BCUT2D eigenvalue weighted by Crippen LogP contribution is 2.26. The van der Waals surface area contributed by atoms with E-state index < -0.39 is 0 Å². The molecule has 3 aromatic rings. The minimum Gasteiger partial charge on any atom is -0.315 e. The molecule has 0 amide bonds. The van der Waals surface area contributed by atoms with Crippen molar-refractivity contribution in [2.24, 2.45) is 0 Å². The maximum absolute atomic E-state index is 4.70. The summed E-state index contributed by atoms with van der Waals surface area (Å²) in [6.07, 6.45) is 3.72. The lowest BCUT2D eigenvalue weighted by molar-refractivity contribution is 0.748. The van der Waals surface area contributed by atoms with E-state index in [4.69, 9.17) is 4.98 Å². The van der Waals surface area contributed by atoms with Gasteiger partial charge in [-0.3, -0.25) is 4.98 Å². The van der Waals surface area contributed by atoms with Gasteiger partial charge in [0.15, 0.2) is 5.16 Å². The number of fused-ring (bicyclic) bond motifs is 1. The molecule has 0 aliphatic carbocycles. The number of aromatic nitrogens is 3. The van der Waals surface area contributed by atoms with Crippen molar-refractivity contribution in [3.8, 4) is 0 Å². The quantitative estimate of drug-likeness (QED) is 0.525. The molecule has 0 saturated carbocycles. The number of para-hydroxylation sites is 2. The van der Waals surface area contributed by atoms with Crippen LogP contribution in [0.1, 0.15) is 5.69 Å². The summed E-state index contributed by atoms with van der Waals surface area (Å²) >= 11 is 1.71. The Kier molecular flexibility index (Phi) is 3.83. The molecule has 0 bridgehead atoms. The summed E-state index contributed by atoms with van der Waals surface area (Å²) in [6, 6.07) is 14.2. The standard InChI is InChI=1S/C16H15N3S/c1-2-11-19-15-9-4-3-8-14(15)18-16(19)20-12-13-7-5-6-10-17-13/h2-10H,1,11-12H2. The Labute approximate surface area is 122 Å². The molecule has 0 aliphatic rings. The lowest BCUT2D eigenvalue weighted by Gasteiger charge is -2.05. The van der Waals surface area contributed by atoms with Gasteiger partial charge in [0.2, 0.25) is 0 Å². The lowest BCUT2D eigenvalue weighted by Crippen LogP contribution is -1.97. The van der Waals surface area contributed by atoms with Gasteiger partial charge < -0.3 is 4.57 Å². The molecule has 4 heteroatoms. The van der Waals surface area contributed by atoms with Crippen LogP contribution in [-0.4, -0.2) is 14.5 Å². The predicted molar refractivity (Wildman–Crippen MR) is 83.7 cm³/mol. The first kappa shape index (κ1) is 12.9. The van der Waals surface area contributed by atoms with Gasteiger partial charge in [0.1, 0.15) is 0 Å². The van der Waals surface area contributed by atoms with Crippen molar-refractivity contribution in [1.29, 1.82) is 0 Å². The maximum atomic E-state index is 4.70. The summed E-state index contributed by atoms with van der Waals surface area (Å²) < 4.78 is 2.19. The van der Waals surface area contributed by atoms with Crippen molar-refractivity contribution in [2.45, 2.75) is 17.5 Å². The van der Waals surface area contributed by atoms with E-state index in [0.29, 0.717) is 0 Å². The molecule has 0 aliphatic heterocycles. The second-order valence-electron chi connectivity index (χ2n) is 4.39. The van der Waals surface area contributed by atoms with E-state index in [0.717, 1.165) is 34.2 Å². The zero-order valence-corrected chi connectivity index (χ0v) is 11.9. The van der Waals surface area contributed by atoms with Crippen LogP contribution in [0.15, 0.2) is 66.5 Å². The van der Waals surface area contributed by atoms with Crippen LogP contribution in [0.3, 0.4) is 0 Å². The van der Waals surface area contributed by atoms with Gasteiger partial charge in [-0.1, -0.05) is 36.0 Å². The molecule has 20 heavy (non-hydrogen) atoms. The number of nitrogens with zero attached hydrogens (tertiary/aromatic N) is 3. The van der Waals surface area contributed by atoms with Gasteiger partial charge in [0, 0.05) is 18.5 Å². The van der Waals surface area contributed by atoms with E-state index >= 15 is 0 Å². The molecule has 1 aromatic carbocycles. The molecular formula is C16H15N3S. The molecule has 0 saturated heterocycles. The largest absolute Gasteiger partial charge is 0.315 e. The van der Waals surface area contributed by atoms with E-state index in [9.17, 15) is 0 Å². The molecule has 0 unspecified atom stereocenters. The summed E-state index contributed by atoms with van der Waals surface area (Å²) in [5.41, 5.74) is 3.24. The maximum Gasteiger partial charge on any atom is 0.169 e. The first-order valence-corrected chi connectivity index (χ1v) is 7.46. The van der Waals surface area contributed by atoms with E-state index in [-0.39, 0.29) is 0 Å². The van der Waals surface area contributed by atoms with Crippen LogP contribution in [0.4, 0.5) is 0 Å². The molecule has 2 aromatic heterocycles.